The zero-order valence-electron chi connectivity index (χ0n) is 12.9. The maximum Gasteiger partial charge on any atom is 0.223 e. The van der Waals surface area contributed by atoms with Gasteiger partial charge in [0.1, 0.15) is 0 Å². The molecule has 0 spiro atoms. The molecule has 0 unspecified atom stereocenters. The predicted molar refractivity (Wildman–Crippen MR) is 91.3 cm³/mol. The lowest BCUT2D eigenvalue weighted by Crippen LogP contribution is -2.35. The summed E-state index contributed by atoms with van der Waals surface area (Å²) in [4.78, 5) is 16.6. The van der Waals surface area contributed by atoms with Gasteiger partial charge in [0.25, 0.3) is 0 Å². The van der Waals surface area contributed by atoms with Crippen molar-refractivity contribution < 1.29 is 4.79 Å². The monoisotopic (exact) mass is 317 g/mol. The molecular weight excluding hydrogens is 290 g/mol. The van der Waals surface area contributed by atoms with Crippen molar-refractivity contribution in [2.75, 3.05) is 39.0 Å². The van der Waals surface area contributed by atoms with Crippen molar-refractivity contribution in [2.45, 2.75) is 37.9 Å². The lowest BCUT2D eigenvalue weighted by atomic mass is 10.1. The first-order chi connectivity index (χ1) is 9.30. The number of thioether (sulfide) groups is 1. The number of carbonyl (C=O) groups is 1. The first-order valence-corrected chi connectivity index (χ1v) is 8.58. The maximum atomic E-state index is 12.0. The fourth-order valence-electron chi connectivity index (χ4n) is 2.13. The van der Waals surface area contributed by atoms with Gasteiger partial charge in [-0.05, 0) is 13.0 Å². The molecule has 0 aromatic rings. The van der Waals surface area contributed by atoms with Gasteiger partial charge < -0.3 is 15.5 Å². The van der Waals surface area contributed by atoms with E-state index in [0.717, 1.165) is 25.4 Å². The Bertz CT molecular complexity index is 347. The summed E-state index contributed by atoms with van der Waals surface area (Å²) in [5, 5.41) is 0. The van der Waals surface area contributed by atoms with E-state index in [9.17, 15) is 4.79 Å². The molecule has 1 fully saturated rings. The van der Waals surface area contributed by atoms with Gasteiger partial charge in [0.05, 0.1) is 4.99 Å². The van der Waals surface area contributed by atoms with E-state index in [1.165, 1.54) is 6.42 Å². The molecule has 1 aliphatic heterocycles. The maximum absolute atomic E-state index is 12.0. The largest absolute Gasteiger partial charge is 0.393 e. The number of nitrogens with two attached hydrogens (primary N) is 1. The van der Waals surface area contributed by atoms with Gasteiger partial charge in [-0.3, -0.25) is 4.79 Å². The molecule has 0 radical (unpaired) electrons. The van der Waals surface area contributed by atoms with Gasteiger partial charge in [0, 0.05) is 50.0 Å². The van der Waals surface area contributed by atoms with Gasteiger partial charge in [-0.1, -0.05) is 26.1 Å². The van der Waals surface area contributed by atoms with E-state index in [0.29, 0.717) is 29.1 Å². The quantitative estimate of drug-likeness (QED) is 0.756. The molecule has 6 heteroatoms. The molecule has 0 aromatic heterocycles. The van der Waals surface area contributed by atoms with E-state index in [2.05, 4.69) is 18.7 Å². The fraction of sp³-hybridized carbons (Fsp3) is 0.857. The molecular formula is C14H27N3OS2. The first kappa shape index (κ1) is 17.7. The minimum atomic E-state index is 0.178. The van der Waals surface area contributed by atoms with Crippen molar-refractivity contribution in [3.05, 3.63) is 0 Å². The summed E-state index contributed by atoms with van der Waals surface area (Å²) >= 11 is 6.86. The van der Waals surface area contributed by atoms with Crippen molar-refractivity contribution in [2.24, 2.45) is 5.73 Å². The molecule has 1 rings (SSSR count). The van der Waals surface area contributed by atoms with Gasteiger partial charge in [0.2, 0.25) is 5.91 Å². The average Bonchev–Trinajstić information content (AvgIpc) is 2.54. The highest BCUT2D eigenvalue weighted by molar-refractivity contribution is 8.00. The molecule has 0 saturated carbocycles. The summed E-state index contributed by atoms with van der Waals surface area (Å²) < 4.78 is 0.367. The second kappa shape index (κ2) is 8.20. The second-order valence-electron chi connectivity index (χ2n) is 5.98. The Balaban J connectivity index is 2.28. The number of hydrogen-bond donors (Lipinski definition) is 1. The van der Waals surface area contributed by atoms with Gasteiger partial charge in [0.15, 0.2) is 0 Å². The highest BCUT2D eigenvalue weighted by Gasteiger charge is 2.23. The Labute approximate surface area is 132 Å². The van der Waals surface area contributed by atoms with E-state index in [1.807, 2.05) is 18.8 Å². The Morgan fingerprint density at radius 3 is 2.75 bits per heavy atom. The number of rotatable bonds is 6. The molecule has 1 saturated heterocycles. The minimum Gasteiger partial charge on any atom is -0.393 e. The van der Waals surface area contributed by atoms with Crippen LogP contribution < -0.4 is 5.73 Å². The Kier molecular flexibility index (Phi) is 7.26. The summed E-state index contributed by atoms with van der Waals surface area (Å²) in [7, 11) is 1.82. The minimum absolute atomic E-state index is 0.178. The molecule has 1 heterocycles. The standard InChI is InChI=1S/C14H27N3OS2/c1-14(2)6-9-17(10-11-20-14)8-5-13(18)16(3)7-4-12(15)19/h4-11H2,1-3H3,(H2,15,19). The van der Waals surface area contributed by atoms with Crippen LogP contribution in [0.4, 0.5) is 0 Å². The van der Waals surface area contributed by atoms with Crippen LogP contribution >= 0.6 is 24.0 Å². The Hall–Kier alpha value is -0.330. The first-order valence-electron chi connectivity index (χ1n) is 7.19. The summed E-state index contributed by atoms with van der Waals surface area (Å²) in [6.45, 7) is 8.25. The average molecular weight is 318 g/mol. The number of hydrogen-bond acceptors (Lipinski definition) is 4. The van der Waals surface area contributed by atoms with E-state index in [-0.39, 0.29) is 5.91 Å². The second-order valence-corrected chi connectivity index (χ2v) is 8.31. The van der Waals surface area contributed by atoms with Crippen LogP contribution in [0, 0.1) is 0 Å². The molecule has 2 N–H and O–H groups in total. The summed E-state index contributed by atoms with van der Waals surface area (Å²) in [6.07, 6.45) is 2.37. The summed E-state index contributed by atoms with van der Waals surface area (Å²) in [5.74, 6) is 1.33. The molecule has 4 nitrogen and oxygen atoms in total. The number of carbonyl (C=O) groups excluding carboxylic acids is 1. The number of nitrogens with zero attached hydrogens (tertiary/aromatic N) is 2. The van der Waals surface area contributed by atoms with Crippen molar-refractivity contribution in [1.29, 1.82) is 0 Å². The Morgan fingerprint density at radius 2 is 2.10 bits per heavy atom. The molecule has 0 bridgehead atoms. The highest BCUT2D eigenvalue weighted by Crippen LogP contribution is 2.30. The van der Waals surface area contributed by atoms with E-state index >= 15 is 0 Å². The topological polar surface area (TPSA) is 49.6 Å². The van der Waals surface area contributed by atoms with E-state index in [1.54, 1.807) is 4.90 Å². The van der Waals surface area contributed by atoms with Crippen molar-refractivity contribution in [3.8, 4) is 0 Å². The third-order valence-electron chi connectivity index (χ3n) is 3.69. The fourth-order valence-corrected chi connectivity index (χ4v) is 3.36. The normalized spacial score (nSPS) is 19.4. The predicted octanol–water partition coefficient (Wildman–Crippen LogP) is 1.73. The third kappa shape index (κ3) is 6.90. The van der Waals surface area contributed by atoms with Gasteiger partial charge >= 0.3 is 0 Å². The molecule has 0 aromatic carbocycles. The van der Waals surface area contributed by atoms with Crippen LogP contribution in [-0.4, -0.2) is 64.4 Å². The van der Waals surface area contributed by atoms with Crippen LogP contribution in [0.15, 0.2) is 0 Å². The lowest BCUT2D eigenvalue weighted by Gasteiger charge is -2.23. The molecule has 1 amide bonds. The van der Waals surface area contributed by atoms with Crippen molar-refractivity contribution in [1.82, 2.24) is 9.80 Å². The van der Waals surface area contributed by atoms with Crippen molar-refractivity contribution >= 4 is 34.9 Å². The van der Waals surface area contributed by atoms with E-state index in [4.69, 9.17) is 18.0 Å². The van der Waals surface area contributed by atoms with Crippen LogP contribution in [0.2, 0.25) is 0 Å². The summed E-state index contributed by atoms with van der Waals surface area (Å²) in [6, 6.07) is 0. The van der Waals surface area contributed by atoms with Gasteiger partial charge in [-0.25, -0.2) is 0 Å². The van der Waals surface area contributed by atoms with Crippen LogP contribution in [-0.2, 0) is 4.79 Å². The van der Waals surface area contributed by atoms with E-state index < -0.39 is 0 Å². The van der Waals surface area contributed by atoms with Crippen LogP contribution in [0.1, 0.15) is 33.1 Å². The SMILES string of the molecule is CN(CCC(N)=S)C(=O)CCN1CCSC(C)(C)CC1. The zero-order chi connectivity index (χ0) is 15.2. The smallest absolute Gasteiger partial charge is 0.223 e. The molecule has 1 aliphatic rings. The van der Waals surface area contributed by atoms with Crippen molar-refractivity contribution in [3.63, 3.8) is 0 Å². The Morgan fingerprint density at radius 1 is 1.40 bits per heavy atom. The van der Waals surface area contributed by atoms with Crippen LogP contribution in [0.5, 0.6) is 0 Å². The van der Waals surface area contributed by atoms with Gasteiger partial charge in [-0.2, -0.15) is 11.8 Å². The highest BCUT2D eigenvalue weighted by atomic mass is 32.2. The summed E-state index contributed by atoms with van der Waals surface area (Å²) in [5.41, 5.74) is 5.46. The molecule has 0 atom stereocenters. The molecule has 0 aliphatic carbocycles. The zero-order valence-corrected chi connectivity index (χ0v) is 14.5. The molecule has 116 valence electrons. The molecule has 20 heavy (non-hydrogen) atoms. The van der Waals surface area contributed by atoms with Gasteiger partial charge in [-0.15, -0.1) is 0 Å². The van der Waals surface area contributed by atoms with Crippen LogP contribution in [0.3, 0.4) is 0 Å². The van der Waals surface area contributed by atoms with Crippen LogP contribution in [0.25, 0.3) is 0 Å². The number of amides is 1. The lowest BCUT2D eigenvalue weighted by molar-refractivity contribution is -0.130. The third-order valence-corrected chi connectivity index (χ3v) is 5.27. The number of thiocarbonyl (C=S) groups is 1.